The lowest BCUT2D eigenvalue weighted by Gasteiger charge is -2.18. The van der Waals surface area contributed by atoms with E-state index in [9.17, 15) is 0 Å². The maximum Gasteiger partial charge on any atom is 0.136 e. The average Bonchev–Trinajstić information content (AvgIpc) is 3.59. The van der Waals surface area contributed by atoms with Crippen molar-refractivity contribution >= 4 is 43.5 Å². The van der Waals surface area contributed by atoms with E-state index in [4.69, 9.17) is 4.42 Å². The molecule has 0 atom stereocenters. The smallest absolute Gasteiger partial charge is 0.136 e. The third-order valence-corrected chi connectivity index (χ3v) is 10.3. The minimum absolute atomic E-state index is 0.885. The van der Waals surface area contributed by atoms with E-state index in [1.165, 1.54) is 71.6 Å². The molecule has 9 aromatic carbocycles. The van der Waals surface area contributed by atoms with Gasteiger partial charge in [0.15, 0.2) is 0 Å². The lowest BCUT2D eigenvalue weighted by molar-refractivity contribution is 0.669. The molecular formula is C50H32O. The summed E-state index contributed by atoms with van der Waals surface area (Å²) in [4.78, 5) is 0. The van der Waals surface area contributed by atoms with Gasteiger partial charge in [0.25, 0.3) is 0 Å². The van der Waals surface area contributed by atoms with Crippen molar-refractivity contribution in [1.82, 2.24) is 0 Å². The molecule has 1 aromatic heterocycles. The molecule has 0 spiro atoms. The number of hydrogen-bond acceptors (Lipinski definition) is 1. The Balaban J connectivity index is 1.26. The van der Waals surface area contributed by atoms with E-state index in [0.29, 0.717) is 0 Å². The van der Waals surface area contributed by atoms with Crippen molar-refractivity contribution in [2.75, 3.05) is 0 Å². The Morgan fingerprint density at radius 3 is 1.33 bits per heavy atom. The fourth-order valence-electron chi connectivity index (χ4n) is 8.11. The summed E-state index contributed by atoms with van der Waals surface area (Å²) in [5, 5.41) is 7.23. The van der Waals surface area contributed by atoms with Crippen molar-refractivity contribution in [2.24, 2.45) is 0 Å². The van der Waals surface area contributed by atoms with Crippen molar-refractivity contribution in [1.29, 1.82) is 0 Å². The lowest BCUT2D eigenvalue weighted by Crippen LogP contribution is -1.91. The maximum absolute atomic E-state index is 6.62. The van der Waals surface area contributed by atoms with Crippen LogP contribution < -0.4 is 0 Å². The Hall–Kier alpha value is -6.70. The van der Waals surface area contributed by atoms with Crippen LogP contribution in [0.25, 0.3) is 99.1 Å². The molecule has 10 aromatic rings. The second-order valence-corrected chi connectivity index (χ2v) is 13.2. The fraction of sp³-hybridized carbons (Fsp3) is 0. The summed E-state index contributed by atoms with van der Waals surface area (Å²) in [6, 6.07) is 69.8. The normalized spacial score (nSPS) is 11.5. The third-order valence-electron chi connectivity index (χ3n) is 10.3. The van der Waals surface area contributed by atoms with Gasteiger partial charge in [0.2, 0.25) is 0 Å². The summed E-state index contributed by atoms with van der Waals surface area (Å²) in [5.74, 6) is 0. The van der Waals surface area contributed by atoms with E-state index in [-0.39, 0.29) is 0 Å². The van der Waals surface area contributed by atoms with Crippen LogP contribution in [0.4, 0.5) is 0 Å². The van der Waals surface area contributed by atoms with Crippen LogP contribution in [0.3, 0.4) is 0 Å². The van der Waals surface area contributed by atoms with Crippen LogP contribution in [0.5, 0.6) is 0 Å². The minimum Gasteiger partial charge on any atom is -0.456 e. The highest BCUT2D eigenvalue weighted by Crippen LogP contribution is 2.47. The van der Waals surface area contributed by atoms with Gasteiger partial charge in [-0.2, -0.15) is 0 Å². The second kappa shape index (κ2) is 12.0. The standard InChI is InChI=1S/C50H32O/c1-4-16-33(17-5-1)37-26-14-27-42(47(37)34-18-6-2-7-19-34)43-28-15-29-46-50(43)44-32-36(30-31-45(44)51-46)49-40-24-12-10-22-38(40)48(35-20-8-3-9-21-35)39-23-11-13-25-41(39)49/h1-32H. The van der Waals surface area contributed by atoms with Crippen LogP contribution in [0.2, 0.25) is 0 Å². The van der Waals surface area contributed by atoms with E-state index in [0.717, 1.165) is 27.5 Å². The van der Waals surface area contributed by atoms with E-state index < -0.39 is 0 Å². The molecule has 0 saturated carbocycles. The van der Waals surface area contributed by atoms with Gasteiger partial charge in [0, 0.05) is 10.8 Å². The number of furan rings is 1. The Labute approximate surface area is 296 Å². The predicted octanol–water partition coefficient (Wildman–Crippen LogP) is 14.2. The average molecular weight is 649 g/mol. The molecule has 0 amide bonds. The van der Waals surface area contributed by atoms with Gasteiger partial charge >= 0.3 is 0 Å². The van der Waals surface area contributed by atoms with Crippen LogP contribution in [0.1, 0.15) is 0 Å². The maximum atomic E-state index is 6.62. The van der Waals surface area contributed by atoms with Crippen molar-refractivity contribution in [3.05, 3.63) is 194 Å². The number of rotatable bonds is 5. The lowest BCUT2D eigenvalue weighted by atomic mass is 9.85. The van der Waals surface area contributed by atoms with Crippen LogP contribution in [0, 0.1) is 0 Å². The van der Waals surface area contributed by atoms with E-state index in [1.807, 2.05) is 0 Å². The first-order valence-electron chi connectivity index (χ1n) is 17.5. The number of hydrogen-bond donors (Lipinski definition) is 0. The molecule has 0 saturated heterocycles. The highest BCUT2D eigenvalue weighted by Gasteiger charge is 2.21. The van der Waals surface area contributed by atoms with Gasteiger partial charge in [-0.1, -0.05) is 176 Å². The van der Waals surface area contributed by atoms with E-state index in [1.54, 1.807) is 0 Å². The van der Waals surface area contributed by atoms with Gasteiger partial charge in [0.1, 0.15) is 11.2 Å². The summed E-state index contributed by atoms with van der Waals surface area (Å²) in [6.45, 7) is 0. The zero-order valence-corrected chi connectivity index (χ0v) is 27.9. The Morgan fingerprint density at radius 2 is 0.725 bits per heavy atom. The fourth-order valence-corrected chi connectivity index (χ4v) is 8.11. The zero-order valence-electron chi connectivity index (χ0n) is 27.9. The van der Waals surface area contributed by atoms with Gasteiger partial charge in [-0.05, 0) is 95.4 Å². The van der Waals surface area contributed by atoms with Crippen LogP contribution in [-0.4, -0.2) is 0 Å². The summed E-state index contributed by atoms with van der Waals surface area (Å²) in [5.41, 5.74) is 13.8. The molecule has 0 aliphatic heterocycles. The molecule has 10 rings (SSSR count). The minimum atomic E-state index is 0.885. The monoisotopic (exact) mass is 648 g/mol. The molecule has 1 heteroatoms. The second-order valence-electron chi connectivity index (χ2n) is 13.2. The number of benzene rings is 9. The summed E-state index contributed by atoms with van der Waals surface area (Å²) < 4.78 is 6.62. The molecule has 1 heterocycles. The van der Waals surface area contributed by atoms with E-state index in [2.05, 4.69) is 194 Å². The van der Waals surface area contributed by atoms with Gasteiger partial charge < -0.3 is 4.42 Å². The van der Waals surface area contributed by atoms with Crippen LogP contribution in [0.15, 0.2) is 199 Å². The molecule has 0 aliphatic carbocycles. The SMILES string of the molecule is c1ccc(-c2cccc(-c3cccc4oc5ccc(-c6c7ccccc7c(-c7ccccc7)c7ccccc67)cc5c34)c2-c2ccccc2)cc1. The summed E-state index contributed by atoms with van der Waals surface area (Å²) in [7, 11) is 0. The first-order chi connectivity index (χ1) is 25.3. The van der Waals surface area contributed by atoms with Crippen LogP contribution in [-0.2, 0) is 0 Å². The first-order valence-corrected chi connectivity index (χ1v) is 17.5. The first kappa shape index (κ1) is 29.2. The van der Waals surface area contributed by atoms with Gasteiger partial charge in [-0.15, -0.1) is 0 Å². The summed E-state index contributed by atoms with van der Waals surface area (Å²) >= 11 is 0. The number of fused-ring (bicyclic) bond motifs is 5. The quantitative estimate of drug-likeness (QED) is 0.169. The topological polar surface area (TPSA) is 13.1 Å². The van der Waals surface area contributed by atoms with Crippen molar-refractivity contribution in [3.8, 4) is 55.6 Å². The van der Waals surface area contributed by atoms with Gasteiger partial charge in [-0.3, -0.25) is 0 Å². The molecule has 1 nitrogen and oxygen atoms in total. The highest BCUT2D eigenvalue weighted by atomic mass is 16.3. The van der Waals surface area contributed by atoms with E-state index >= 15 is 0 Å². The Bertz CT molecular complexity index is 2830. The molecule has 0 unspecified atom stereocenters. The molecular weight excluding hydrogens is 617 g/mol. The van der Waals surface area contributed by atoms with Gasteiger partial charge in [-0.25, -0.2) is 0 Å². The molecule has 238 valence electrons. The highest BCUT2D eigenvalue weighted by molar-refractivity contribution is 6.23. The Kier molecular flexibility index (Phi) is 6.89. The van der Waals surface area contributed by atoms with Crippen molar-refractivity contribution < 1.29 is 4.42 Å². The molecule has 0 radical (unpaired) electrons. The molecule has 51 heavy (non-hydrogen) atoms. The molecule has 0 aliphatic rings. The zero-order chi connectivity index (χ0) is 33.7. The molecule has 0 bridgehead atoms. The third kappa shape index (κ3) is 4.78. The van der Waals surface area contributed by atoms with Crippen LogP contribution >= 0.6 is 0 Å². The predicted molar refractivity (Wildman–Crippen MR) is 216 cm³/mol. The largest absolute Gasteiger partial charge is 0.456 e. The summed E-state index contributed by atoms with van der Waals surface area (Å²) in [6.07, 6.45) is 0. The molecule has 0 fully saturated rings. The van der Waals surface area contributed by atoms with Crippen molar-refractivity contribution in [3.63, 3.8) is 0 Å². The van der Waals surface area contributed by atoms with Gasteiger partial charge in [0.05, 0.1) is 0 Å². The van der Waals surface area contributed by atoms with Crippen molar-refractivity contribution in [2.45, 2.75) is 0 Å². The Morgan fingerprint density at radius 1 is 0.255 bits per heavy atom. The molecule has 0 N–H and O–H groups in total.